The van der Waals surface area contributed by atoms with E-state index in [9.17, 15) is 20.4 Å². The number of phenolic OH excluding ortho intramolecular Hbond substituents is 4. The molecule has 0 unspecified atom stereocenters. The summed E-state index contributed by atoms with van der Waals surface area (Å²) >= 11 is 0. The van der Waals surface area contributed by atoms with Crippen LogP contribution in [0.1, 0.15) is 51.9 Å². The molecular formula is C41H56N4O4. The second kappa shape index (κ2) is 19.4. The van der Waals surface area contributed by atoms with Gasteiger partial charge in [0.05, 0.1) is 0 Å². The van der Waals surface area contributed by atoms with Crippen molar-refractivity contribution in [3.05, 3.63) is 117 Å². The van der Waals surface area contributed by atoms with E-state index < -0.39 is 0 Å². The molecule has 0 aliphatic carbocycles. The molecular weight excluding hydrogens is 612 g/mol. The van der Waals surface area contributed by atoms with E-state index >= 15 is 0 Å². The number of nitrogens with zero attached hydrogens (tertiary/aromatic N) is 4. The zero-order valence-corrected chi connectivity index (χ0v) is 29.6. The monoisotopic (exact) mass is 668 g/mol. The lowest BCUT2D eigenvalue weighted by Crippen LogP contribution is -2.10. The summed E-state index contributed by atoms with van der Waals surface area (Å²) in [6.45, 7) is 2.82. The maximum atomic E-state index is 10.1. The molecule has 0 spiro atoms. The molecule has 8 heteroatoms. The van der Waals surface area contributed by atoms with E-state index in [0.29, 0.717) is 49.2 Å². The van der Waals surface area contributed by atoms with Crippen LogP contribution in [0.5, 0.6) is 23.0 Å². The van der Waals surface area contributed by atoms with Gasteiger partial charge >= 0.3 is 0 Å². The molecule has 0 aliphatic heterocycles. The Kier molecular flexibility index (Phi) is 16.1. The van der Waals surface area contributed by atoms with Crippen molar-refractivity contribution in [2.45, 2.75) is 33.6 Å². The summed E-state index contributed by atoms with van der Waals surface area (Å²) in [6.07, 6.45) is 7.72. The molecule has 0 atom stereocenters. The van der Waals surface area contributed by atoms with Crippen LogP contribution in [0.15, 0.2) is 72.8 Å². The third kappa shape index (κ3) is 13.8. The van der Waals surface area contributed by atoms with Crippen molar-refractivity contribution in [2.24, 2.45) is 0 Å². The van der Waals surface area contributed by atoms with Crippen LogP contribution in [0.3, 0.4) is 0 Å². The Morgan fingerprint density at radius 2 is 0.551 bits per heavy atom. The van der Waals surface area contributed by atoms with E-state index in [1.54, 1.807) is 24.3 Å². The SMILES string of the molecule is C.CN(C)Cc1ccc(/C=C/c2ccc(CN(C)C)c(O)c2)cc1O.CN(C)Cc1ccc(/C=C\c2ccc(CN(C)C)c(O)c2)cc1O. The summed E-state index contributed by atoms with van der Waals surface area (Å²) in [6, 6.07) is 22.7. The Bertz CT molecular complexity index is 1450. The van der Waals surface area contributed by atoms with E-state index in [4.69, 9.17) is 0 Å². The Morgan fingerprint density at radius 1 is 0.367 bits per heavy atom. The van der Waals surface area contributed by atoms with Gasteiger partial charge in [0.1, 0.15) is 23.0 Å². The molecule has 0 saturated carbocycles. The van der Waals surface area contributed by atoms with Gasteiger partial charge in [0, 0.05) is 48.4 Å². The lowest BCUT2D eigenvalue weighted by atomic mass is 10.1. The molecule has 0 aromatic heterocycles. The first-order valence-corrected chi connectivity index (χ1v) is 15.9. The van der Waals surface area contributed by atoms with Crippen LogP contribution in [-0.2, 0) is 26.2 Å². The largest absolute Gasteiger partial charge is 0.508 e. The van der Waals surface area contributed by atoms with E-state index in [1.165, 1.54) is 0 Å². The molecule has 0 bridgehead atoms. The molecule has 4 N–H and O–H groups in total. The minimum Gasteiger partial charge on any atom is -0.508 e. The van der Waals surface area contributed by atoms with Gasteiger partial charge in [-0.3, -0.25) is 0 Å². The Hall–Kier alpha value is -4.60. The highest BCUT2D eigenvalue weighted by Crippen LogP contribution is 2.25. The van der Waals surface area contributed by atoms with Gasteiger partial charge in [-0.1, -0.05) is 80.3 Å². The first kappa shape index (κ1) is 40.6. The number of hydrogen-bond acceptors (Lipinski definition) is 8. The lowest BCUT2D eigenvalue weighted by Gasteiger charge is -2.12. The molecule has 8 nitrogen and oxygen atoms in total. The third-order valence-corrected chi connectivity index (χ3v) is 7.32. The van der Waals surface area contributed by atoms with Crippen LogP contribution >= 0.6 is 0 Å². The highest BCUT2D eigenvalue weighted by atomic mass is 16.3. The van der Waals surface area contributed by atoms with Crippen molar-refractivity contribution >= 4 is 24.3 Å². The zero-order valence-electron chi connectivity index (χ0n) is 29.6. The molecule has 0 saturated heterocycles. The van der Waals surface area contributed by atoms with Crippen LogP contribution in [0.4, 0.5) is 0 Å². The van der Waals surface area contributed by atoms with E-state index in [1.807, 2.05) is 149 Å². The Morgan fingerprint density at radius 3 is 0.694 bits per heavy atom. The fraction of sp³-hybridized carbons (Fsp3) is 0.317. The summed E-state index contributed by atoms with van der Waals surface area (Å²) in [5.41, 5.74) is 7.31. The second-order valence-electron chi connectivity index (χ2n) is 13.2. The molecule has 4 aromatic rings. The normalized spacial score (nSPS) is 11.5. The first-order valence-electron chi connectivity index (χ1n) is 15.9. The maximum Gasteiger partial charge on any atom is 0.120 e. The van der Waals surface area contributed by atoms with Gasteiger partial charge in [0.2, 0.25) is 0 Å². The van der Waals surface area contributed by atoms with Crippen LogP contribution in [0.25, 0.3) is 24.3 Å². The molecule has 0 fully saturated rings. The number of benzene rings is 4. The molecule has 4 aromatic carbocycles. The van der Waals surface area contributed by atoms with Gasteiger partial charge in [-0.25, -0.2) is 0 Å². The summed E-state index contributed by atoms with van der Waals surface area (Å²) < 4.78 is 0. The molecule has 4 rings (SSSR count). The smallest absolute Gasteiger partial charge is 0.120 e. The van der Waals surface area contributed by atoms with Crippen molar-refractivity contribution in [3.63, 3.8) is 0 Å². The summed E-state index contributed by atoms with van der Waals surface area (Å²) in [7, 11) is 15.8. The highest BCUT2D eigenvalue weighted by Gasteiger charge is 2.06. The zero-order chi connectivity index (χ0) is 35.4. The summed E-state index contributed by atoms with van der Waals surface area (Å²) in [5, 5.41) is 40.4. The minimum absolute atomic E-state index is 0. The quantitative estimate of drug-likeness (QED) is 0.116. The predicted molar refractivity (Wildman–Crippen MR) is 207 cm³/mol. The molecule has 0 aliphatic rings. The lowest BCUT2D eigenvalue weighted by molar-refractivity contribution is 0.386. The summed E-state index contributed by atoms with van der Waals surface area (Å²) in [5.74, 6) is 1.20. The average Bonchev–Trinajstić information content (AvgIpc) is 2.99. The molecule has 49 heavy (non-hydrogen) atoms. The molecule has 264 valence electrons. The standard InChI is InChI=1S/2C20H26N2O2.CH4/c2*1-21(2)13-17-9-7-15(11-19(17)23)5-6-16-8-10-18(14-22(3)4)20(24)12-16;/h2*5-12,23-24H,13-14H2,1-4H3;1H4/b6-5+;6-5-;. The maximum absolute atomic E-state index is 10.1. The van der Waals surface area contributed by atoms with Gasteiger partial charge in [-0.05, 0) is 103 Å². The number of aromatic hydroxyl groups is 4. The number of rotatable bonds is 12. The van der Waals surface area contributed by atoms with Crippen molar-refractivity contribution in [3.8, 4) is 23.0 Å². The average molecular weight is 669 g/mol. The van der Waals surface area contributed by atoms with Crippen LogP contribution in [0, 0.1) is 0 Å². The fourth-order valence-corrected chi connectivity index (χ4v) is 5.02. The van der Waals surface area contributed by atoms with Gasteiger partial charge < -0.3 is 40.0 Å². The van der Waals surface area contributed by atoms with E-state index in [-0.39, 0.29) is 7.43 Å². The van der Waals surface area contributed by atoms with Crippen LogP contribution in [-0.4, -0.2) is 96.4 Å². The summed E-state index contributed by atoms with van der Waals surface area (Å²) in [4.78, 5) is 8.07. The molecule has 0 amide bonds. The minimum atomic E-state index is 0. The second-order valence-corrected chi connectivity index (χ2v) is 13.2. The van der Waals surface area contributed by atoms with Gasteiger partial charge in [-0.2, -0.15) is 0 Å². The highest BCUT2D eigenvalue weighted by molar-refractivity contribution is 5.72. The first-order chi connectivity index (χ1) is 22.7. The predicted octanol–water partition coefficient (Wildman–Crippen LogP) is 7.42. The van der Waals surface area contributed by atoms with Crippen LogP contribution in [0.2, 0.25) is 0 Å². The van der Waals surface area contributed by atoms with Gasteiger partial charge in [0.15, 0.2) is 0 Å². The fourth-order valence-electron chi connectivity index (χ4n) is 5.02. The number of hydrogen-bond donors (Lipinski definition) is 4. The van der Waals surface area contributed by atoms with Crippen molar-refractivity contribution in [1.29, 1.82) is 0 Å². The van der Waals surface area contributed by atoms with Crippen molar-refractivity contribution < 1.29 is 20.4 Å². The van der Waals surface area contributed by atoms with E-state index in [0.717, 1.165) is 44.5 Å². The Balaban J connectivity index is 0.000000333. The molecule has 0 heterocycles. The van der Waals surface area contributed by atoms with E-state index in [2.05, 4.69) is 0 Å². The van der Waals surface area contributed by atoms with Crippen LogP contribution < -0.4 is 0 Å². The van der Waals surface area contributed by atoms with Crippen molar-refractivity contribution in [2.75, 3.05) is 56.4 Å². The number of phenols is 4. The Labute approximate surface area is 294 Å². The topological polar surface area (TPSA) is 93.9 Å². The van der Waals surface area contributed by atoms with Gasteiger partial charge in [-0.15, -0.1) is 0 Å². The van der Waals surface area contributed by atoms with Crippen molar-refractivity contribution in [1.82, 2.24) is 19.6 Å². The molecule has 0 radical (unpaired) electrons. The van der Waals surface area contributed by atoms with Gasteiger partial charge in [0.25, 0.3) is 0 Å². The third-order valence-electron chi connectivity index (χ3n) is 7.32.